The molecule has 1 rings (SSSR count). The minimum absolute atomic E-state index is 0.0111. The number of hydrogen-bond donors (Lipinski definition) is 1. The van der Waals surface area contributed by atoms with Gasteiger partial charge in [0.1, 0.15) is 5.60 Å². The Labute approximate surface area is 140 Å². The third-order valence-electron chi connectivity index (χ3n) is 3.93. The first-order valence-electron chi connectivity index (χ1n) is 8.55. The summed E-state index contributed by atoms with van der Waals surface area (Å²) >= 11 is 0. The van der Waals surface area contributed by atoms with Crippen molar-refractivity contribution in [3.63, 3.8) is 0 Å². The zero-order valence-corrected chi connectivity index (χ0v) is 15.5. The molecule has 1 saturated heterocycles. The molecule has 6 heteroatoms. The van der Waals surface area contributed by atoms with Gasteiger partial charge in [-0.2, -0.15) is 0 Å². The van der Waals surface area contributed by atoms with Gasteiger partial charge >= 0.3 is 6.09 Å². The average molecular weight is 327 g/mol. The first-order valence-corrected chi connectivity index (χ1v) is 8.55. The van der Waals surface area contributed by atoms with Crippen LogP contribution in [0.1, 0.15) is 54.4 Å². The topological polar surface area (TPSA) is 75.9 Å². The molecule has 0 radical (unpaired) electrons. The van der Waals surface area contributed by atoms with E-state index in [0.717, 1.165) is 19.4 Å². The van der Waals surface area contributed by atoms with E-state index in [1.165, 1.54) is 0 Å². The Bertz CT molecular complexity index is 416. The SMILES string of the molecule is CC(C)N(C[C@@H]1CCCN(C(=O)[C@H](C)N)C1)C(=O)OC(C)(C)C. The molecule has 1 heterocycles. The Balaban J connectivity index is 2.69. The highest BCUT2D eigenvalue weighted by atomic mass is 16.6. The van der Waals surface area contributed by atoms with Crippen LogP contribution >= 0.6 is 0 Å². The van der Waals surface area contributed by atoms with Crippen LogP contribution in [0.3, 0.4) is 0 Å². The molecule has 0 aromatic rings. The standard InChI is InChI=1S/C17H33N3O3/c1-12(2)20(16(22)23-17(4,5)6)11-14-8-7-9-19(10-14)15(21)13(3)18/h12-14H,7-11,18H2,1-6H3/t13-,14+/m0/s1. The van der Waals surface area contributed by atoms with Gasteiger partial charge in [0.2, 0.25) is 5.91 Å². The molecule has 0 aromatic carbocycles. The molecular weight excluding hydrogens is 294 g/mol. The van der Waals surface area contributed by atoms with Gasteiger partial charge in [-0.3, -0.25) is 4.79 Å². The third kappa shape index (κ3) is 6.37. The quantitative estimate of drug-likeness (QED) is 0.859. The van der Waals surface area contributed by atoms with E-state index in [9.17, 15) is 9.59 Å². The minimum Gasteiger partial charge on any atom is -0.444 e. The summed E-state index contributed by atoms with van der Waals surface area (Å²) in [6.07, 6.45) is 1.67. The van der Waals surface area contributed by atoms with Crippen LogP contribution in [0.4, 0.5) is 4.79 Å². The summed E-state index contributed by atoms with van der Waals surface area (Å²) in [5.74, 6) is 0.254. The molecule has 6 nitrogen and oxygen atoms in total. The van der Waals surface area contributed by atoms with Gasteiger partial charge < -0.3 is 20.3 Å². The lowest BCUT2D eigenvalue weighted by atomic mass is 9.96. The Kier molecular flexibility index (Phi) is 6.86. The molecule has 2 amide bonds. The van der Waals surface area contributed by atoms with E-state index in [2.05, 4.69) is 0 Å². The molecule has 0 aliphatic carbocycles. The summed E-state index contributed by atoms with van der Waals surface area (Å²) in [6.45, 7) is 13.3. The van der Waals surface area contributed by atoms with Crippen molar-refractivity contribution >= 4 is 12.0 Å². The highest BCUT2D eigenvalue weighted by Gasteiger charge is 2.30. The first kappa shape index (κ1) is 19.7. The average Bonchev–Trinajstić information content (AvgIpc) is 2.41. The minimum atomic E-state index is -0.506. The largest absolute Gasteiger partial charge is 0.444 e. The van der Waals surface area contributed by atoms with Gasteiger partial charge in [0.05, 0.1) is 6.04 Å². The van der Waals surface area contributed by atoms with Crippen LogP contribution < -0.4 is 5.73 Å². The van der Waals surface area contributed by atoms with Crippen LogP contribution in [-0.4, -0.2) is 59.1 Å². The molecule has 0 bridgehead atoms. The van der Waals surface area contributed by atoms with Crippen molar-refractivity contribution in [2.24, 2.45) is 11.7 Å². The number of carbonyl (C=O) groups is 2. The summed E-state index contributed by atoms with van der Waals surface area (Å²) in [5.41, 5.74) is 5.20. The fourth-order valence-corrected chi connectivity index (χ4v) is 2.80. The molecular formula is C17H33N3O3. The zero-order valence-electron chi connectivity index (χ0n) is 15.5. The van der Waals surface area contributed by atoms with Crippen LogP contribution in [0.15, 0.2) is 0 Å². The number of nitrogens with zero attached hydrogens (tertiary/aromatic N) is 2. The Morgan fingerprint density at radius 2 is 1.91 bits per heavy atom. The van der Waals surface area contributed by atoms with Crippen molar-refractivity contribution in [3.05, 3.63) is 0 Å². The second-order valence-electron chi connectivity index (χ2n) is 7.81. The van der Waals surface area contributed by atoms with Crippen molar-refractivity contribution in [1.29, 1.82) is 0 Å². The van der Waals surface area contributed by atoms with Gasteiger partial charge in [0.25, 0.3) is 0 Å². The van der Waals surface area contributed by atoms with Gasteiger partial charge in [0, 0.05) is 25.7 Å². The molecule has 0 saturated carbocycles. The molecule has 0 unspecified atom stereocenters. The summed E-state index contributed by atoms with van der Waals surface area (Å²) in [6, 6.07) is -0.412. The molecule has 1 fully saturated rings. The molecule has 0 aromatic heterocycles. The van der Waals surface area contributed by atoms with E-state index >= 15 is 0 Å². The Morgan fingerprint density at radius 1 is 1.30 bits per heavy atom. The first-order chi connectivity index (χ1) is 10.5. The fraction of sp³-hybridized carbons (Fsp3) is 0.882. The molecule has 2 N–H and O–H groups in total. The lowest BCUT2D eigenvalue weighted by Crippen LogP contribution is -2.50. The maximum absolute atomic E-state index is 12.4. The van der Waals surface area contributed by atoms with Gasteiger partial charge in [-0.25, -0.2) is 4.79 Å². The van der Waals surface area contributed by atoms with E-state index in [1.807, 2.05) is 39.5 Å². The van der Waals surface area contributed by atoms with Crippen molar-refractivity contribution in [2.45, 2.75) is 72.1 Å². The van der Waals surface area contributed by atoms with Gasteiger partial charge in [-0.1, -0.05) is 0 Å². The molecule has 23 heavy (non-hydrogen) atoms. The molecule has 2 atom stereocenters. The number of ether oxygens (including phenoxy) is 1. The molecule has 1 aliphatic rings. The van der Waals surface area contributed by atoms with Gasteiger partial charge in [-0.15, -0.1) is 0 Å². The number of piperidine rings is 1. The molecule has 134 valence electrons. The number of amides is 2. The predicted octanol–water partition coefficient (Wildman–Crippen LogP) is 2.22. The number of likely N-dealkylation sites (tertiary alicyclic amines) is 1. The van der Waals surface area contributed by atoms with Crippen molar-refractivity contribution in [2.75, 3.05) is 19.6 Å². The zero-order chi connectivity index (χ0) is 17.8. The maximum atomic E-state index is 12.4. The monoisotopic (exact) mass is 327 g/mol. The van der Waals surface area contributed by atoms with Crippen LogP contribution in [0.25, 0.3) is 0 Å². The number of hydrogen-bond acceptors (Lipinski definition) is 4. The van der Waals surface area contributed by atoms with Gasteiger partial charge in [0.15, 0.2) is 0 Å². The highest BCUT2D eigenvalue weighted by molar-refractivity contribution is 5.81. The third-order valence-corrected chi connectivity index (χ3v) is 3.93. The number of rotatable bonds is 4. The van der Waals surface area contributed by atoms with E-state index in [4.69, 9.17) is 10.5 Å². The second kappa shape index (κ2) is 7.99. The normalized spacial score (nSPS) is 20.3. The fourth-order valence-electron chi connectivity index (χ4n) is 2.80. The lowest BCUT2D eigenvalue weighted by Gasteiger charge is -2.38. The van der Waals surface area contributed by atoms with Crippen molar-refractivity contribution in [1.82, 2.24) is 9.80 Å². The predicted molar refractivity (Wildman–Crippen MR) is 91.0 cm³/mol. The van der Waals surface area contributed by atoms with Crippen LogP contribution in [0.5, 0.6) is 0 Å². The van der Waals surface area contributed by atoms with Crippen molar-refractivity contribution in [3.8, 4) is 0 Å². The summed E-state index contributed by atoms with van der Waals surface area (Å²) in [4.78, 5) is 28.1. The maximum Gasteiger partial charge on any atom is 0.410 e. The Morgan fingerprint density at radius 3 is 2.39 bits per heavy atom. The number of carbonyl (C=O) groups excluding carboxylic acids is 2. The van der Waals surface area contributed by atoms with Gasteiger partial charge in [-0.05, 0) is 60.3 Å². The van der Waals surface area contributed by atoms with Crippen LogP contribution in [0.2, 0.25) is 0 Å². The molecule has 0 spiro atoms. The second-order valence-corrected chi connectivity index (χ2v) is 7.81. The van der Waals surface area contributed by atoms with Crippen molar-refractivity contribution < 1.29 is 14.3 Å². The Hall–Kier alpha value is -1.30. The summed E-state index contributed by atoms with van der Waals surface area (Å²) < 4.78 is 5.50. The number of nitrogens with two attached hydrogens (primary N) is 1. The van der Waals surface area contributed by atoms with E-state index in [-0.39, 0.29) is 24.0 Å². The summed E-state index contributed by atoms with van der Waals surface area (Å²) in [5, 5.41) is 0. The van der Waals surface area contributed by atoms with E-state index in [1.54, 1.807) is 11.8 Å². The van der Waals surface area contributed by atoms with Crippen LogP contribution in [-0.2, 0) is 9.53 Å². The molecule has 1 aliphatic heterocycles. The van der Waals surface area contributed by atoms with E-state index < -0.39 is 11.6 Å². The highest BCUT2D eigenvalue weighted by Crippen LogP contribution is 2.21. The van der Waals surface area contributed by atoms with Crippen LogP contribution in [0, 0.1) is 5.92 Å². The van der Waals surface area contributed by atoms with E-state index in [0.29, 0.717) is 13.1 Å². The summed E-state index contributed by atoms with van der Waals surface area (Å²) in [7, 11) is 0. The smallest absolute Gasteiger partial charge is 0.410 e. The lowest BCUT2D eigenvalue weighted by molar-refractivity contribution is -0.134.